The molecule has 0 saturated carbocycles. The van der Waals surface area contributed by atoms with Crippen molar-refractivity contribution in [1.82, 2.24) is 0 Å². The van der Waals surface area contributed by atoms with E-state index in [0.29, 0.717) is 5.56 Å². The van der Waals surface area contributed by atoms with Crippen molar-refractivity contribution in [3.8, 4) is 0 Å². The molecule has 2 rings (SSSR count). The van der Waals surface area contributed by atoms with Crippen molar-refractivity contribution in [2.75, 3.05) is 0 Å². The van der Waals surface area contributed by atoms with Gasteiger partial charge in [0.05, 0.1) is 11.2 Å². The Morgan fingerprint density at radius 3 is 2.35 bits per heavy atom. The second-order valence-electron chi connectivity index (χ2n) is 5.93. The van der Waals surface area contributed by atoms with E-state index in [0.717, 1.165) is 11.7 Å². The summed E-state index contributed by atoms with van der Waals surface area (Å²) in [5.41, 5.74) is 0.716. The minimum atomic E-state index is -0.451. The van der Waals surface area contributed by atoms with Gasteiger partial charge < -0.3 is 19.8 Å². The lowest BCUT2D eigenvalue weighted by molar-refractivity contribution is 0.00578. The van der Waals surface area contributed by atoms with Crippen LogP contribution in [-0.2, 0) is 9.31 Å². The molecular weight excluding hydrogens is 253 g/mol. The molecule has 2 N–H and O–H groups in total. The van der Waals surface area contributed by atoms with E-state index in [1.54, 1.807) is 6.07 Å². The maximum Gasteiger partial charge on any atom is 0.494 e. The van der Waals surface area contributed by atoms with Gasteiger partial charge in [0.1, 0.15) is 5.76 Å². The molecule has 1 fully saturated rings. The van der Waals surface area contributed by atoms with E-state index >= 15 is 0 Å². The largest absolute Gasteiger partial charge is 0.507 e. The number of aliphatic hydroxyl groups excluding tert-OH is 1. The van der Waals surface area contributed by atoms with Gasteiger partial charge in [-0.05, 0) is 39.2 Å². The predicted molar refractivity (Wildman–Crippen MR) is 81.5 cm³/mol. The fourth-order valence-corrected chi connectivity index (χ4v) is 2.00. The Balaban J connectivity index is 2.30. The highest BCUT2D eigenvalue weighted by Crippen LogP contribution is 2.36. The summed E-state index contributed by atoms with van der Waals surface area (Å²) in [6.45, 7) is 8.01. The Labute approximate surface area is 120 Å². The van der Waals surface area contributed by atoms with Crippen molar-refractivity contribution in [3.05, 3.63) is 35.9 Å². The van der Waals surface area contributed by atoms with Crippen LogP contribution in [0.15, 0.2) is 30.3 Å². The van der Waals surface area contributed by atoms with Gasteiger partial charge in [0.15, 0.2) is 0 Å². The zero-order valence-corrected chi connectivity index (χ0v) is 12.3. The lowest BCUT2D eigenvalue weighted by Gasteiger charge is -2.32. The molecule has 106 valence electrons. The molecule has 0 amide bonds. The molecule has 4 nitrogen and oxygen atoms in total. The van der Waals surface area contributed by atoms with Gasteiger partial charge in [0.25, 0.3) is 0 Å². The monoisotopic (exact) mass is 273 g/mol. The molecule has 1 aliphatic heterocycles. The highest BCUT2D eigenvalue weighted by Gasteiger charge is 2.51. The van der Waals surface area contributed by atoms with Crippen LogP contribution in [0.5, 0.6) is 0 Å². The lowest BCUT2D eigenvalue weighted by Crippen LogP contribution is -2.41. The summed E-state index contributed by atoms with van der Waals surface area (Å²) >= 11 is 0. The maximum absolute atomic E-state index is 9.82. The fraction of sp³-hybridized carbons (Fsp3) is 0.400. The van der Waals surface area contributed by atoms with E-state index in [9.17, 15) is 5.11 Å². The van der Waals surface area contributed by atoms with Crippen molar-refractivity contribution < 1.29 is 14.4 Å². The molecule has 20 heavy (non-hydrogen) atoms. The second kappa shape index (κ2) is 5.07. The quantitative estimate of drug-likeness (QED) is 0.505. The Morgan fingerprint density at radius 1 is 1.20 bits per heavy atom. The van der Waals surface area contributed by atoms with Crippen LogP contribution >= 0.6 is 0 Å². The van der Waals surface area contributed by atoms with Crippen molar-refractivity contribution in [2.24, 2.45) is 0 Å². The summed E-state index contributed by atoms with van der Waals surface area (Å²) in [5.74, 6) is 0.0540. The average molecular weight is 273 g/mol. The van der Waals surface area contributed by atoms with Gasteiger partial charge in [0.2, 0.25) is 0 Å². The molecular formula is C15H20BNO3. The molecule has 0 radical (unpaired) electrons. The van der Waals surface area contributed by atoms with Crippen LogP contribution in [0.1, 0.15) is 33.3 Å². The van der Waals surface area contributed by atoms with Crippen LogP contribution < -0.4 is 5.46 Å². The van der Waals surface area contributed by atoms with Crippen molar-refractivity contribution >= 4 is 24.6 Å². The van der Waals surface area contributed by atoms with Crippen LogP contribution in [-0.4, -0.2) is 29.6 Å². The molecule has 1 aromatic carbocycles. The topological polar surface area (TPSA) is 62.5 Å². The summed E-state index contributed by atoms with van der Waals surface area (Å²) in [6, 6.07) is 7.34. The summed E-state index contributed by atoms with van der Waals surface area (Å²) in [6.07, 6.45) is 2.39. The minimum absolute atomic E-state index is 0.0540. The van der Waals surface area contributed by atoms with E-state index in [4.69, 9.17) is 14.7 Å². The molecule has 5 heteroatoms. The molecule has 0 bridgehead atoms. The van der Waals surface area contributed by atoms with Gasteiger partial charge in [-0.2, -0.15) is 0 Å². The third kappa shape index (κ3) is 2.64. The van der Waals surface area contributed by atoms with Gasteiger partial charge in [-0.25, -0.2) is 0 Å². The Morgan fingerprint density at radius 2 is 1.80 bits per heavy atom. The number of hydrogen-bond donors (Lipinski definition) is 2. The predicted octanol–water partition coefficient (Wildman–Crippen LogP) is 2.53. The molecule has 0 spiro atoms. The summed E-state index contributed by atoms with van der Waals surface area (Å²) < 4.78 is 12.0. The number of rotatable bonds is 3. The minimum Gasteiger partial charge on any atom is -0.507 e. The number of aliphatic hydroxyl groups is 1. The van der Waals surface area contributed by atoms with Crippen molar-refractivity contribution in [3.63, 3.8) is 0 Å². The highest BCUT2D eigenvalue weighted by atomic mass is 16.7. The molecule has 0 unspecified atom stereocenters. The molecule has 1 saturated heterocycles. The Bertz CT molecular complexity index is 536. The second-order valence-corrected chi connectivity index (χ2v) is 5.93. The molecule has 0 aromatic heterocycles. The molecule has 1 aromatic rings. The normalized spacial score (nSPS) is 21.0. The van der Waals surface area contributed by atoms with Crippen LogP contribution in [0.25, 0.3) is 5.76 Å². The summed E-state index contributed by atoms with van der Waals surface area (Å²) in [7, 11) is -0.451. The first-order valence-electron chi connectivity index (χ1n) is 6.62. The smallest absolute Gasteiger partial charge is 0.494 e. The highest BCUT2D eigenvalue weighted by molar-refractivity contribution is 6.62. The van der Waals surface area contributed by atoms with Gasteiger partial charge in [0, 0.05) is 11.8 Å². The van der Waals surface area contributed by atoms with Gasteiger partial charge in [-0.3, -0.25) is 0 Å². The van der Waals surface area contributed by atoms with E-state index in [1.165, 1.54) is 6.08 Å². The third-order valence-corrected chi connectivity index (χ3v) is 3.95. The number of allylic oxidation sites excluding steroid dienone is 1. The molecule has 0 atom stereocenters. The van der Waals surface area contributed by atoms with Crippen molar-refractivity contribution in [1.29, 1.82) is 5.41 Å². The summed E-state index contributed by atoms with van der Waals surface area (Å²) in [4.78, 5) is 0. The Hall–Kier alpha value is -1.59. The van der Waals surface area contributed by atoms with E-state index in [1.807, 2.05) is 45.9 Å². The van der Waals surface area contributed by atoms with E-state index < -0.39 is 7.12 Å². The van der Waals surface area contributed by atoms with Crippen LogP contribution in [0.2, 0.25) is 0 Å². The first-order valence-corrected chi connectivity index (χ1v) is 6.62. The van der Waals surface area contributed by atoms with E-state index in [-0.39, 0.29) is 17.0 Å². The Kier molecular flexibility index (Phi) is 3.76. The summed E-state index contributed by atoms with van der Waals surface area (Å²) in [5, 5.41) is 16.8. The third-order valence-electron chi connectivity index (χ3n) is 3.95. The van der Waals surface area contributed by atoms with Crippen LogP contribution in [0, 0.1) is 5.41 Å². The zero-order valence-electron chi connectivity index (χ0n) is 12.3. The first-order chi connectivity index (χ1) is 9.27. The molecule has 0 aliphatic carbocycles. The van der Waals surface area contributed by atoms with Gasteiger partial charge >= 0.3 is 7.12 Å². The zero-order chi connectivity index (χ0) is 15.0. The average Bonchev–Trinajstić information content (AvgIpc) is 2.59. The SMILES string of the molecule is CC1(C)OB(c2cccc(/C(O)=C/C=N)c2)OC1(C)C. The molecule has 1 aliphatic rings. The van der Waals surface area contributed by atoms with Crippen molar-refractivity contribution in [2.45, 2.75) is 38.9 Å². The number of nitrogens with one attached hydrogen (secondary N) is 1. The van der Waals surface area contributed by atoms with Gasteiger partial charge in [-0.1, -0.05) is 24.3 Å². The van der Waals surface area contributed by atoms with Gasteiger partial charge in [-0.15, -0.1) is 0 Å². The van der Waals surface area contributed by atoms with Crippen LogP contribution in [0.3, 0.4) is 0 Å². The maximum atomic E-state index is 9.82. The first kappa shape index (κ1) is 14.8. The molecule has 1 heterocycles. The van der Waals surface area contributed by atoms with Crippen LogP contribution in [0.4, 0.5) is 0 Å². The number of benzene rings is 1. The fourth-order valence-electron chi connectivity index (χ4n) is 2.00. The lowest BCUT2D eigenvalue weighted by atomic mass is 9.78. The van der Waals surface area contributed by atoms with E-state index in [2.05, 4.69) is 0 Å². The standard InChI is InChI=1S/C15H20BNO3/c1-14(2)15(3,4)20-16(19-14)12-7-5-6-11(10-12)13(18)8-9-17/h5-10,17-18H,1-4H3/b13-8-,17-9?. The number of hydrogen-bond acceptors (Lipinski definition) is 4.